The highest BCUT2D eigenvalue weighted by Crippen LogP contribution is 2.31. The number of rotatable bonds is 5. The molecule has 2 unspecified atom stereocenters. The topological polar surface area (TPSA) is 41.4 Å². The smallest absolute Gasteiger partial charge is 0.244 e. The first kappa shape index (κ1) is 16.3. The van der Waals surface area contributed by atoms with Crippen LogP contribution in [0.15, 0.2) is 48.8 Å². The summed E-state index contributed by atoms with van der Waals surface area (Å²) < 4.78 is 1.73. The standard InChI is InChI=1S/C20H26N4O/c25-20(16-23-13-6-11-21-23)24-14-5-10-19(24)18-9-4-12-22(18)15-17-7-2-1-3-8-17/h1-3,6-8,11,13,18-19H,4-5,9-10,12,14-16H2. The summed E-state index contributed by atoms with van der Waals surface area (Å²) in [7, 11) is 0. The molecule has 0 bridgehead atoms. The minimum atomic E-state index is 0.206. The highest BCUT2D eigenvalue weighted by molar-refractivity contribution is 5.76. The Morgan fingerprint density at radius 3 is 2.64 bits per heavy atom. The summed E-state index contributed by atoms with van der Waals surface area (Å²) in [6.07, 6.45) is 8.26. The van der Waals surface area contributed by atoms with E-state index in [1.807, 2.05) is 12.3 Å². The molecule has 2 atom stereocenters. The van der Waals surface area contributed by atoms with Gasteiger partial charge in [0.15, 0.2) is 0 Å². The van der Waals surface area contributed by atoms with Crippen molar-refractivity contribution in [2.45, 2.75) is 50.9 Å². The monoisotopic (exact) mass is 338 g/mol. The van der Waals surface area contributed by atoms with Gasteiger partial charge in [0, 0.05) is 37.6 Å². The zero-order valence-electron chi connectivity index (χ0n) is 14.6. The number of hydrogen-bond acceptors (Lipinski definition) is 3. The molecule has 25 heavy (non-hydrogen) atoms. The van der Waals surface area contributed by atoms with E-state index >= 15 is 0 Å². The molecule has 4 rings (SSSR count). The van der Waals surface area contributed by atoms with Crippen LogP contribution >= 0.6 is 0 Å². The fraction of sp³-hybridized carbons (Fsp3) is 0.500. The van der Waals surface area contributed by atoms with Crippen LogP contribution in [0.2, 0.25) is 0 Å². The van der Waals surface area contributed by atoms with E-state index < -0.39 is 0 Å². The summed E-state index contributed by atoms with van der Waals surface area (Å²) in [4.78, 5) is 17.5. The van der Waals surface area contributed by atoms with Crippen LogP contribution in [0.3, 0.4) is 0 Å². The lowest BCUT2D eigenvalue weighted by Crippen LogP contribution is -2.48. The lowest BCUT2D eigenvalue weighted by Gasteiger charge is -2.35. The van der Waals surface area contributed by atoms with Crippen LogP contribution < -0.4 is 0 Å². The zero-order valence-corrected chi connectivity index (χ0v) is 14.6. The van der Waals surface area contributed by atoms with Crippen molar-refractivity contribution in [3.63, 3.8) is 0 Å². The largest absolute Gasteiger partial charge is 0.337 e. The molecule has 0 aliphatic carbocycles. The molecular weight excluding hydrogens is 312 g/mol. The van der Waals surface area contributed by atoms with Gasteiger partial charge in [-0.1, -0.05) is 30.3 Å². The quantitative estimate of drug-likeness (QED) is 0.841. The van der Waals surface area contributed by atoms with E-state index in [4.69, 9.17) is 0 Å². The fourth-order valence-electron chi connectivity index (χ4n) is 4.43. The summed E-state index contributed by atoms with van der Waals surface area (Å²) in [5, 5.41) is 4.18. The Balaban J connectivity index is 1.44. The van der Waals surface area contributed by atoms with Crippen LogP contribution in [0, 0.1) is 0 Å². The van der Waals surface area contributed by atoms with E-state index in [-0.39, 0.29) is 5.91 Å². The van der Waals surface area contributed by atoms with Gasteiger partial charge in [0.25, 0.3) is 0 Å². The second kappa shape index (κ2) is 7.40. The van der Waals surface area contributed by atoms with Gasteiger partial charge in [-0.3, -0.25) is 14.4 Å². The van der Waals surface area contributed by atoms with Gasteiger partial charge in [-0.05, 0) is 43.9 Å². The molecule has 132 valence electrons. The Hall–Kier alpha value is -2.14. The number of carbonyl (C=O) groups is 1. The molecule has 5 heteroatoms. The third kappa shape index (κ3) is 3.61. The van der Waals surface area contributed by atoms with Gasteiger partial charge in [0.05, 0.1) is 0 Å². The SMILES string of the molecule is O=C(Cn1cccn1)N1CCCC1C1CCCN1Cc1ccccc1. The third-order valence-electron chi connectivity index (χ3n) is 5.56. The predicted octanol–water partition coefficient (Wildman–Crippen LogP) is 2.54. The number of benzene rings is 1. The second-order valence-electron chi connectivity index (χ2n) is 7.17. The molecule has 2 saturated heterocycles. The van der Waals surface area contributed by atoms with Crippen molar-refractivity contribution < 1.29 is 4.79 Å². The van der Waals surface area contributed by atoms with Crippen LogP contribution in [0.5, 0.6) is 0 Å². The molecule has 1 aromatic heterocycles. The highest BCUT2D eigenvalue weighted by Gasteiger charge is 2.39. The molecule has 2 aromatic rings. The summed E-state index contributed by atoms with van der Waals surface area (Å²) in [6.45, 7) is 3.37. The fourth-order valence-corrected chi connectivity index (χ4v) is 4.43. The Morgan fingerprint density at radius 1 is 1.04 bits per heavy atom. The molecule has 2 aliphatic heterocycles. The maximum Gasteiger partial charge on any atom is 0.244 e. The van der Waals surface area contributed by atoms with E-state index in [1.165, 1.54) is 18.4 Å². The molecule has 0 saturated carbocycles. The van der Waals surface area contributed by atoms with E-state index in [0.717, 1.165) is 32.5 Å². The summed E-state index contributed by atoms with van der Waals surface area (Å²) in [5.41, 5.74) is 1.36. The highest BCUT2D eigenvalue weighted by atomic mass is 16.2. The van der Waals surface area contributed by atoms with Gasteiger partial charge >= 0.3 is 0 Å². The van der Waals surface area contributed by atoms with Crippen LogP contribution in [-0.4, -0.2) is 50.7 Å². The number of amides is 1. The van der Waals surface area contributed by atoms with Crippen molar-refractivity contribution >= 4 is 5.91 Å². The van der Waals surface area contributed by atoms with Gasteiger partial charge in [0.2, 0.25) is 5.91 Å². The summed E-state index contributed by atoms with van der Waals surface area (Å²) in [5.74, 6) is 0.206. The average Bonchev–Trinajstić information content (AvgIpc) is 3.36. The van der Waals surface area contributed by atoms with Crippen LogP contribution in [-0.2, 0) is 17.9 Å². The van der Waals surface area contributed by atoms with Crippen molar-refractivity contribution in [1.82, 2.24) is 19.6 Å². The first-order valence-electron chi connectivity index (χ1n) is 9.36. The summed E-state index contributed by atoms with van der Waals surface area (Å²) in [6, 6.07) is 13.4. The third-order valence-corrected chi connectivity index (χ3v) is 5.56. The molecule has 2 fully saturated rings. The molecule has 3 heterocycles. The molecule has 0 spiro atoms. The van der Waals surface area contributed by atoms with Gasteiger partial charge < -0.3 is 4.90 Å². The van der Waals surface area contributed by atoms with Crippen molar-refractivity contribution in [2.75, 3.05) is 13.1 Å². The van der Waals surface area contributed by atoms with Crippen molar-refractivity contribution in [3.05, 3.63) is 54.4 Å². The van der Waals surface area contributed by atoms with E-state index in [0.29, 0.717) is 18.6 Å². The van der Waals surface area contributed by atoms with Gasteiger partial charge in [-0.15, -0.1) is 0 Å². The van der Waals surface area contributed by atoms with Crippen molar-refractivity contribution in [1.29, 1.82) is 0 Å². The Labute approximate surface area is 149 Å². The van der Waals surface area contributed by atoms with Crippen LogP contribution in [0.4, 0.5) is 0 Å². The van der Waals surface area contributed by atoms with Crippen LogP contribution in [0.1, 0.15) is 31.2 Å². The molecule has 1 amide bonds. The Kier molecular flexibility index (Phi) is 4.83. The number of aromatic nitrogens is 2. The lowest BCUT2D eigenvalue weighted by molar-refractivity contribution is -0.134. The van der Waals surface area contributed by atoms with Gasteiger partial charge in [0.1, 0.15) is 6.54 Å². The number of likely N-dealkylation sites (tertiary alicyclic amines) is 2. The molecule has 0 N–H and O–H groups in total. The van der Waals surface area contributed by atoms with Crippen LogP contribution in [0.25, 0.3) is 0 Å². The maximum absolute atomic E-state index is 12.8. The van der Waals surface area contributed by atoms with Gasteiger partial charge in [-0.2, -0.15) is 5.10 Å². The summed E-state index contributed by atoms with van der Waals surface area (Å²) >= 11 is 0. The first-order chi connectivity index (χ1) is 12.3. The van der Waals surface area contributed by atoms with E-state index in [1.54, 1.807) is 10.9 Å². The maximum atomic E-state index is 12.8. The molecule has 1 aromatic carbocycles. The van der Waals surface area contributed by atoms with E-state index in [2.05, 4.69) is 45.2 Å². The minimum absolute atomic E-state index is 0.206. The van der Waals surface area contributed by atoms with Crippen molar-refractivity contribution in [3.8, 4) is 0 Å². The zero-order chi connectivity index (χ0) is 17.1. The molecular formula is C20H26N4O. The first-order valence-corrected chi connectivity index (χ1v) is 9.36. The second-order valence-corrected chi connectivity index (χ2v) is 7.17. The number of carbonyl (C=O) groups excluding carboxylic acids is 1. The van der Waals surface area contributed by atoms with Gasteiger partial charge in [-0.25, -0.2) is 0 Å². The predicted molar refractivity (Wildman–Crippen MR) is 96.8 cm³/mol. The molecule has 2 aliphatic rings. The minimum Gasteiger partial charge on any atom is -0.337 e. The van der Waals surface area contributed by atoms with Crippen molar-refractivity contribution in [2.24, 2.45) is 0 Å². The molecule has 5 nitrogen and oxygen atoms in total. The normalized spacial score (nSPS) is 24.1. The molecule has 0 radical (unpaired) electrons. The van der Waals surface area contributed by atoms with E-state index in [9.17, 15) is 4.79 Å². The Bertz CT molecular complexity index is 685. The Morgan fingerprint density at radius 2 is 1.84 bits per heavy atom. The average molecular weight is 338 g/mol. The lowest BCUT2D eigenvalue weighted by atomic mass is 10.0. The number of hydrogen-bond donors (Lipinski definition) is 0. The number of nitrogens with zero attached hydrogens (tertiary/aromatic N) is 4.